The monoisotopic (exact) mass is 431 g/mol. The summed E-state index contributed by atoms with van der Waals surface area (Å²) in [4.78, 5) is 16.1. The number of benzene rings is 2. The van der Waals surface area contributed by atoms with Crippen LogP contribution in [0, 0.1) is 0 Å². The quantitative estimate of drug-likeness (QED) is 0.407. The number of nitrogens with zero attached hydrogens (tertiary/aromatic N) is 2. The molecule has 4 nitrogen and oxygen atoms in total. The summed E-state index contributed by atoms with van der Waals surface area (Å²) in [6, 6.07) is 23.2. The van der Waals surface area contributed by atoms with Crippen LogP contribution in [0.5, 0.6) is 0 Å². The zero-order valence-corrected chi connectivity index (χ0v) is 18.9. The van der Waals surface area contributed by atoms with E-state index in [0.29, 0.717) is 13.0 Å². The lowest BCUT2D eigenvalue weighted by atomic mass is 9.93. The van der Waals surface area contributed by atoms with Crippen LogP contribution >= 0.6 is 11.3 Å². The van der Waals surface area contributed by atoms with E-state index in [9.17, 15) is 4.79 Å². The molecule has 31 heavy (non-hydrogen) atoms. The molecule has 4 rings (SSSR count). The molecule has 2 heterocycles. The number of hydrogen-bond donors (Lipinski definition) is 1. The van der Waals surface area contributed by atoms with Crippen LogP contribution < -0.4 is 5.32 Å². The Morgan fingerprint density at radius 3 is 2.55 bits per heavy atom. The molecule has 0 fully saturated rings. The number of likely N-dealkylation sites (N-methyl/N-ethyl adjacent to an activating group) is 1. The highest BCUT2D eigenvalue weighted by molar-refractivity contribution is 7.10. The first-order valence-corrected chi connectivity index (χ1v) is 11.6. The van der Waals surface area contributed by atoms with Crippen LogP contribution in [-0.4, -0.2) is 42.6 Å². The van der Waals surface area contributed by atoms with Gasteiger partial charge >= 0.3 is 0 Å². The van der Waals surface area contributed by atoms with Crippen LogP contribution in [0.15, 0.2) is 78.3 Å². The smallest absolute Gasteiger partial charge is 0.221 e. The number of amides is 1. The van der Waals surface area contributed by atoms with Gasteiger partial charge in [0, 0.05) is 53.9 Å². The van der Waals surface area contributed by atoms with Crippen LogP contribution in [0.3, 0.4) is 0 Å². The van der Waals surface area contributed by atoms with E-state index in [1.807, 2.05) is 20.2 Å². The van der Waals surface area contributed by atoms with Crippen molar-refractivity contribution in [2.45, 2.75) is 18.9 Å². The van der Waals surface area contributed by atoms with Crippen LogP contribution in [0.1, 0.15) is 28.3 Å². The van der Waals surface area contributed by atoms with Crippen molar-refractivity contribution in [1.29, 1.82) is 0 Å². The molecule has 1 unspecified atom stereocenters. The average molecular weight is 432 g/mol. The molecule has 0 spiro atoms. The van der Waals surface area contributed by atoms with Crippen molar-refractivity contribution in [3.05, 3.63) is 94.3 Å². The van der Waals surface area contributed by atoms with E-state index in [0.717, 1.165) is 13.1 Å². The lowest BCUT2D eigenvalue weighted by Crippen LogP contribution is -2.32. The summed E-state index contributed by atoms with van der Waals surface area (Å²) in [5.74, 6) is 0.140. The zero-order valence-electron chi connectivity index (χ0n) is 18.1. The normalized spacial score (nSPS) is 12.4. The summed E-state index contributed by atoms with van der Waals surface area (Å²) in [5, 5.41) is 6.40. The number of rotatable bonds is 9. The molecule has 1 atom stereocenters. The van der Waals surface area contributed by atoms with Gasteiger partial charge in [0.1, 0.15) is 0 Å². The second kappa shape index (κ2) is 9.94. The molecule has 0 aliphatic rings. The van der Waals surface area contributed by atoms with E-state index < -0.39 is 0 Å². The maximum absolute atomic E-state index is 12.8. The summed E-state index contributed by atoms with van der Waals surface area (Å²) in [5.41, 5.74) is 3.69. The highest BCUT2D eigenvalue weighted by atomic mass is 32.1. The number of carbonyl (C=O) groups is 1. The minimum atomic E-state index is 0.0429. The lowest BCUT2D eigenvalue weighted by molar-refractivity contribution is -0.121. The van der Waals surface area contributed by atoms with Gasteiger partial charge in [0.05, 0.1) is 0 Å². The second-order valence-corrected chi connectivity index (χ2v) is 9.12. The predicted octanol–water partition coefficient (Wildman–Crippen LogP) is 4.95. The molecular weight excluding hydrogens is 402 g/mol. The van der Waals surface area contributed by atoms with Crippen LogP contribution in [0.25, 0.3) is 10.9 Å². The van der Waals surface area contributed by atoms with Crippen molar-refractivity contribution in [2.24, 2.45) is 0 Å². The van der Waals surface area contributed by atoms with E-state index in [1.165, 1.54) is 26.9 Å². The van der Waals surface area contributed by atoms with E-state index in [-0.39, 0.29) is 11.8 Å². The predicted molar refractivity (Wildman–Crippen MR) is 130 cm³/mol. The van der Waals surface area contributed by atoms with Crippen molar-refractivity contribution in [3.63, 3.8) is 0 Å². The van der Waals surface area contributed by atoms with Gasteiger partial charge < -0.3 is 14.8 Å². The number of nitrogens with one attached hydrogen (secondary N) is 1. The SMILES string of the molecule is CN(C)CCNC(=O)CC(c1cccs1)c1cn(Cc2ccccc2)c2ccccc12. The lowest BCUT2D eigenvalue weighted by Gasteiger charge is -2.16. The Morgan fingerprint density at radius 1 is 1.03 bits per heavy atom. The maximum Gasteiger partial charge on any atom is 0.221 e. The van der Waals surface area contributed by atoms with Crippen molar-refractivity contribution in [3.8, 4) is 0 Å². The summed E-state index contributed by atoms with van der Waals surface area (Å²) in [7, 11) is 4.03. The largest absolute Gasteiger partial charge is 0.355 e. The third-order valence-electron chi connectivity index (χ3n) is 5.55. The molecule has 0 aliphatic carbocycles. The minimum absolute atomic E-state index is 0.0429. The molecule has 1 amide bonds. The van der Waals surface area contributed by atoms with Crippen molar-refractivity contribution >= 4 is 28.1 Å². The molecule has 0 radical (unpaired) electrons. The first-order valence-electron chi connectivity index (χ1n) is 10.7. The highest BCUT2D eigenvalue weighted by Gasteiger charge is 2.23. The molecule has 5 heteroatoms. The Labute approximate surface area is 188 Å². The molecule has 2 aromatic carbocycles. The van der Waals surface area contributed by atoms with Crippen LogP contribution in [0.4, 0.5) is 0 Å². The first kappa shape index (κ1) is 21.3. The number of carbonyl (C=O) groups excluding carboxylic acids is 1. The van der Waals surface area contributed by atoms with Gasteiger partial charge in [-0.25, -0.2) is 0 Å². The molecule has 0 saturated heterocycles. The first-order chi connectivity index (χ1) is 15.1. The summed E-state index contributed by atoms with van der Waals surface area (Å²) in [6.45, 7) is 2.32. The molecule has 0 aliphatic heterocycles. The fourth-order valence-electron chi connectivity index (χ4n) is 3.99. The molecule has 160 valence electrons. The Morgan fingerprint density at radius 2 is 1.81 bits per heavy atom. The Kier molecular flexibility index (Phi) is 6.85. The van der Waals surface area contributed by atoms with Crippen molar-refractivity contribution < 1.29 is 4.79 Å². The van der Waals surface area contributed by atoms with Crippen LogP contribution in [-0.2, 0) is 11.3 Å². The molecule has 0 saturated carbocycles. The maximum atomic E-state index is 12.8. The minimum Gasteiger partial charge on any atom is -0.355 e. The third kappa shape index (κ3) is 5.24. The standard InChI is InChI=1S/C26H29N3OS/c1-28(2)15-14-27-26(30)17-22(25-13-8-16-31-25)23-19-29(18-20-9-4-3-5-10-20)24-12-7-6-11-21(23)24/h3-13,16,19,22H,14-15,17-18H2,1-2H3,(H,27,30). The Hall–Kier alpha value is -2.89. The van der Waals surface area contributed by atoms with Gasteiger partial charge in [-0.15, -0.1) is 11.3 Å². The summed E-state index contributed by atoms with van der Waals surface area (Å²) in [6.07, 6.45) is 2.70. The van der Waals surface area contributed by atoms with Crippen LogP contribution in [0.2, 0.25) is 0 Å². The molecular formula is C26H29N3OS. The second-order valence-electron chi connectivity index (χ2n) is 8.14. The van der Waals surface area contributed by atoms with Crippen molar-refractivity contribution in [2.75, 3.05) is 27.2 Å². The third-order valence-corrected chi connectivity index (χ3v) is 6.53. The van der Waals surface area contributed by atoms with Gasteiger partial charge in [-0.05, 0) is 42.7 Å². The van der Waals surface area contributed by atoms with E-state index in [1.54, 1.807) is 11.3 Å². The van der Waals surface area contributed by atoms with Crippen molar-refractivity contribution in [1.82, 2.24) is 14.8 Å². The topological polar surface area (TPSA) is 37.3 Å². The number of thiophene rings is 1. The highest BCUT2D eigenvalue weighted by Crippen LogP contribution is 2.37. The molecule has 0 bridgehead atoms. The Balaban J connectivity index is 1.66. The number of fused-ring (bicyclic) bond motifs is 1. The van der Waals surface area contributed by atoms with Gasteiger partial charge in [0.2, 0.25) is 5.91 Å². The molecule has 4 aromatic rings. The van der Waals surface area contributed by atoms with Gasteiger partial charge in [-0.2, -0.15) is 0 Å². The number of hydrogen-bond acceptors (Lipinski definition) is 3. The molecule has 2 aromatic heterocycles. The number of para-hydroxylation sites is 1. The fraction of sp³-hybridized carbons (Fsp3) is 0.269. The zero-order chi connectivity index (χ0) is 21.6. The van der Waals surface area contributed by atoms with E-state index in [2.05, 4.69) is 87.0 Å². The van der Waals surface area contributed by atoms with Gasteiger partial charge in [-0.3, -0.25) is 4.79 Å². The molecule has 1 N–H and O–H groups in total. The van der Waals surface area contributed by atoms with E-state index >= 15 is 0 Å². The average Bonchev–Trinajstić information content (AvgIpc) is 3.42. The summed E-state index contributed by atoms with van der Waals surface area (Å²) >= 11 is 1.72. The van der Waals surface area contributed by atoms with Gasteiger partial charge in [-0.1, -0.05) is 54.6 Å². The summed E-state index contributed by atoms with van der Waals surface area (Å²) < 4.78 is 2.31. The Bertz CT molecular complexity index is 1120. The van der Waals surface area contributed by atoms with E-state index in [4.69, 9.17) is 0 Å². The van der Waals surface area contributed by atoms with Gasteiger partial charge in [0.25, 0.3) is 0 Å². The fourth-order valence-corrected chi connectivity index (χ4v) is 4.84. The van der Waals surface area contributed by atoms with Gasteiger partial charge in [0.15, 0.2) is 0 Å². The number of aromatic nitrogens is 1.